The third-order valence-corrected chi connectivity index (χ3v) is 3.28. The summed E-state index contributed by atoms with van der Waals surface area (Å²) in [5.41, 5.74) is 6.92. The maximum Gasteiger partial charge on any atom is 0.0615 e. The van der Waals surface area contributed by atoms with Crippen molar-refractivity contribution in [2.75, 3.05) is 26.8 Å². The number of thiophene rings is 1. The van der Waals surface area contributed by atoms with E-state index in [4.69, 9.17) is 10.5 Å². The highest BCUT2D eigenvalue weighted by Crippen LogP contribution is 2.06. The molecule has 1 atom stereocenters. The second-order valence-corrected chi connectivity index (χ2v) is 4.70. The van der Waals surface area contributed by atoms with Crippen molar-refractivity contribution in [3.05, 3.63) is 22.4 Å². The molecule has 3 nitrogen and oxygen atoms in total. The second kappa shape index (κ2) is 8.70. The highest BCUT2D eigenvalue weighted by atomic mass is 32.1. The Hall–Kier alpha value is -0.420. The molecular weight excluding hydrogens is 220 g/mol. The standard InChI is InChI=1S/C12H22N2OS/c1-15-9-12(3-2-6-13)14-7-4-11-5-8-16-10-11/h5,8,10,12,14H,2-4,6-7,9,13H2,1H3. The SMILES string of the molecule is COCC(CCCN)NCCc1ccsc1. The molecule has 1 aromatic rings. The van der Waals surface area contributed by atoms with Crippen LogP contribution in [-0.2, 0) is 11.2 Å². The van der Waals surface area contributed by atoms with Crippen LogP contribution in [0.25, 0.3) is 0 Å². The molecule has 1 unspecified atom stereocenters. The smallest absolute Gasteiger partial charge is 0.0615 e. The molecule has 1 rings (SSSR count). The van der Waals surface area contributed by atoms with Crippen LogP contribution in [0.15, 0.2) is 16.8 Å². The molecule has 0 amide bonds. The molecule has 1 aromatic heterocycles. The number of hydrogen-bond donors (Lipinski definition) is 2. The molecular formula is C12H22N2OS. The highest BCUT2D eigenvalue weighted by molar-refractivity contribution is 7.07. The van der Waals surface area contributed by atoms with Gasteiger partial charge in [-0.1, -0.05) is 0 Å². The van der Waals surface area contributed by atoms with Crippen molar-refractivity contribution in [2.45, 2.75) is 25.3 Å². The highest BCUT2D eigenvalue weighted by Gasteiger charge is 2.06. The number of hydrogen-bond acceptors (Lipinski definition) is 4. The molecule has 0 spiro atoms. The Labute approximate surface area is 102 Å². The summed E-state index contributed by atoms with van der Waals surface area (Å²) in [5.74, 6) is 0. The Bertz CT molecular complexity index is 252. The van der Waals surface area contributed by atoms with E-state index in [9.17, 15) is 0 Å². The van der Waals surface area contributed by atoms with Gasteiger partial charge in [0.25, 0.3) is 0 Å². The molecule has 0 aromatic carbocycles. The molecule has 0 bridgehead atoms. The van der Waals surface area contributed by atoms with Crippen molar-refractivity contribution in [3.63, 3.8) is 0 Å². The van der Waals surface area contributed by atoms with E-state index in [1.54, 1.807) is 18.4 Å². The van der Waals surface area contributed by atoms with Crippen molar-refractivity contribution < 1.29 is 4.74 Å². The maximum absolute atomic E-state index is 5.51. The quantitative estimate of drug-likeness (QED) is 0.692. The first kappa shape index (κ1) is 13.6. The zero-order valence-corrected chi connectivity index (χ0v) is 10.8. The van der Waals surface area contributed by atoms with Crippen LogP contribution in [0.4, 0.5) is 0 Å². The molecule has 0 aliphatic heterocycles. The summed E-state index contributed by atoms with van der Waals surface area (Å²) in [6.07, 6.45) is 3.24. The van der Waals surface area contributed by atoms with E-state index in [0.717, 1.165) is 39.0 Å². The van der Waals surface area contributed by atoms with Crippen LogP contribution in [0, 0.1) is 0 Å². The van der Waals surface area contributed by atoms with Crippen LogP contribution in [0.2, 0.25) is 0 Å². The molecule has 16 heavy (non-hydrogen) atoms. The first-order chi connectivity index (χ1) is 7.86. The molecule has 3 N–H and O–H groups in total. The van der Waals surface area contributed by atoms with Gasteiger partial charge < -0.3 is 15.8 Å². The lowest BCUT2D eigenvalue weighted by molar-refractivity contribution is 0.162. The lowest BCUT2D eigenvalue weighted by atomic mass is 10.1. The Kier molecular flexibility index (Phi) is 7.42. The lowest BCUT2D eigenvalue weighted by Gasteiger charge is -2.17. The van der Waals surface area contributed by atoms with Crippen molar-refractivity contribution in [1.82, 2.24) is 5.32 Å². The van der Waals surface area contributed by atoms with Crippen molar-refractivity contribution >= 4 is 11.3 Å². The summed E-state index contributed by atoms with van der Waals surface area (Å²) >= 11 is 1.75. The first-order valence-corrected chi connectivity index (χ1v) is 6.74. The Morgan fingerprint density at radius 2 is 2.44 bits per heavy atom. The topological polar surface area (TPSA) is 47.3 Å². The summed E-state index contributed by atoms with van der Waals surface area (Å²) in [6.45, 7) is 2.53. The molecule has 0 saturated heterocycles. The van der Waals surface area contributed by atoms with E-state index < -0.39 is 0 Å². The van der Waals surface area contributed by atoms with E-state index >= 15 is 0 Å². The number of methoxy groups -OCH3 is 1. The van der Waals surface area contributed by atoms with Gasteiger partial charge >= 0.3 is 0 Å². The van der Waals surface area contributed by atoms with Gasteiger partial charge in [-0.2, -0.15) is 11.3 Å². The molecule has 1 heterocycles. The molecule has 92 valence electrons. The third kappa shape index (κ3) is 5.61. The van der Waals surface area contributed by atoms with Crippen LogP contribution < -0.4 is 11.1 Å². The largest absolute Gasteiger partial charge is 0.383 e. The monoisotopic (exact) mass is 242 g/mol. The molecule has 0 aliphatic rings. The summed E-state index contributed by atoms with van der Waals surface area (Å²) in [5, 5.41) is 7.84. The average Bonchev–Trinajstić information content (AvgIpc) is 2.79. The summed E-state index contributed by atoms with van der Waals surface area (Å²) in [7, 11) is 1.75. The second-order valence-electron chi connectivity index (χ2n) is 3.92. The summed E-state index contributed by atoms with van der Waals surface area (Å²) < 4.78 is 5.19. The van der Waals surface area contributed by atoms with Crippen LogP contribution in [0.3, 0.4) is 0 Å². The molecule has 0 fully saturated rings. The van der Waals surface area contributed by atoms with Gasteiger partial charge in [-0.15, -0.1) is 0 Å². The molecule has 4 heteroatoms. The number of nitrogens with two attached hydrogens (primary N) is 1. The summed E-state index contributed by atoms with van der Waals surface area (Å²) in [4.78, 5) is 0. The molecule has 0 saturated carbocycles. The zero-order valence-electron chi connectivity index (χ0n) is 9.95. The van der Waals surface area contributed by atoms with Crippen molar-refractivity contribution in [2.24, 2.45) is 5.73 Å². The van der Waals surface area contributed by atoms with E-state index in [2.05, 4.69) is 22.1 Å². The Balaban J connectivity index is 2.15. The predicted octanol–water partition coefficient (Wildman–Crippen LogP) is 1.63. The van der Waals surface area contributed by atoms with Gasteiger partial charge in [0.05, 0.1) is 6.61 Å². The van der Waals surface area contributed by atoms with E-state index in [1.807, 2.05) is 0 Å². The maximum atomic E-state index is 5.51. The predicted molar refractivity (Wildman–Crippen MR) is 70.0 cm³/mol. The van der Waals surface area contributed by atoms with Gasteiger partial charge in [0.2, 0.25) is 0 Å². The Morgan fingerprint density at radius 3 is 3.06 bits per heavy atom. The van der Waals surface area contributed by atoms with E-state index in [0.29, 0.717) is 6.04 Å². The average molecular weight is 242 g/mol. The number of ether oxygens (including phenoxy) is 1. The summed E-state index contributed by atoms with van der Waals surface area (Å²) in [6, 6.07) is 2.62. The first-order valence-electron chi connectivity index (χ1n) is 5.80. The Morgan fingerprint density at radius 1 is 1.56 bits per heavy atom. The third-order valence-electron chi connectivity index (χ3n) is 2.55. The van der Waals surface area contributed by atoms with Gasteiger partial charge in [0.1, 0.15) is 0 Å². The van der Waals surface area contributed by atoms with Gasteiger partial charge in [0, 0.05) is 13.2 Å². The van der Waals surface area contributed by atoms with E-state index in [1.165, 1.54) is 5.56 Å². The number of rotatable bonds is 9. The van der Waals surface area contributed by atoms with Gasteiger partial charge in [0.15, 0.2) is 0 Å². The van der Waals surface area contributed by atoms with Gasteiger partial charge in [-0.05, 0) is 54.7 Å². The van der Waals surface area contributed by atoms with Crippen LogP contribution >= 0.6 is 11.3 Å². The van der Waals surface area contributed by atoms with Crippen LogP contribution in [0.1, 0.15) is 18.4 Å². The minimum Gasteiger partial charge on any atom is -0.383 e. The fraction of sp³-hybridized carbons (Fsp3) is 0.667. The molecule has 0 radical (unpaired) electrons. The lowest BCUT2D eigenvalue weighted by Crippen LogP contribution is -2.35. The van der Waals surface area contributed by atoms with Crippen LogP contribution in [-0.4, -0.2) is 32.8 Å². The minimum atomic E-state index is 0.437. The zero-order chi connectivity index (χ0) is 11.6. The van der Waals surface area contributed by atoms with Crippen molar-refractivity contribution in [1.29, 1.82) is 0 Å². The van der Waals surface area contributed by atoms with Crippen LogP contribution in [0.5, 0.6) is 0 Å². The minimum absolute atomic E-state index is 0.437. The fourth-order valence-electron chi connectivity index (χ4n) is 1.67. The van der Waals surface area contributed by atoms with Gasteiger partial charge in [-0.25, -0.2) is 0 Å². The van der Waals surface area contributed by atoms with Crippen molar-refractivity contribution in [3.8, 4) is 0 Å². The van der Waals surface area contributed by atoms with E-state index in [-0.39, 0.29) is 0 Å². The molecule has 0 aliphatic carbocycles. The number of nitrogens with one attached hydrogen (secondary N) is 1. The van der Waals surface area contributed by atoms with Gasteiger partial charge in [-0.3, -0.25) is 0 Å². The fourth-order valence-corrected chi connectivity index (χ4v) is 2.37. The normalized spacial score (nSPS) is 12.9.